The van der Waals surface area contributed by atoms with Gasteiger partial charge in [-0.25, -0.2) is 14.6 Å². The van der Waals surface area contributed by atoms with Crippen molar-refractivity contribution < 1.29 is 29.0 Å². The van der Waals surface area contributed by atoms with Crippen molar-refractivity contribution in [2.45, 2.75) is 18.9 Å². The Balaban J connectivity index is 0.000000226. The number of thiazole rings is 1. The molecule has 3 aliphatic heterocycles. The first kappa shape index (κ1) is 19.1. The summed E-state index contributed by atoms with van der Waals surface area (Å²) in [5.41, 5.74) is 1.07. The van der Waals surface area contributed by atoms with E-state index in [1.807, 2.05) is 12.3 Å². The van der Waals surface area contributed by atoms with E-state index < -0.39 is 11.9 Å². The number of furan rings is 1. The van der Waals surface area contributed by atoms with Crippen molar-refractivity contribution in [3.63, 3.8) is 0 Å². The molecule has 0 saturated carbocycles. The normalized spacial score (nSPS) is 23.6. The monoisotopic (exact) mass is 392 g/mol. The van der Waals surface area contributed by atoms with Crippen molar-refractivity contribution in [2.24, 2.45) is 5.92 Å². The Morgan fingerprint density at radius 2 is 1.96 bits per heavy atom. The lowest BCUT2D eigenvalue weighted by Crippen LogP contribution is -2.52. The second-order valence-electron chi connectivity index (χ2n) is 6.31. The first-order valence-corrected chi connectivity index (χ1v) is 9.34. The molecular formula is C18H20N2O6S. The third-order valence-corrected chi connectivity index (χ3v) is 5.44. The van der Waals surface area contributed by atoms with Gasteiger partial charge in [-0.05, 0) is 37.9 Å². The number of carboxylic acid groups (broad SMARTS) is 2. The molecule has 9 heteroatoms. The number of carbonyl (C=O) groups is 2. The summed E-state index contributed by atoms with van der Waals surface area (Å²) in [7, 11) is 0. The van der Waals surface area contributed by atoms with E-state index in [4.69, 9.17) is 19.4 Å². The highest BCUT2D eigenvalue weighted by atomic mass is 32.1. The zero-order valence-corrected chi connectivity index (χ0v) is 15.3. The van der Waals surface area contributed by atoms with Crippen LogP contribution in [0.2, 0.25) is 0 Å². The molecule has 3 aliphatic rings. The van der Waals surface area contributed by atoms with Crippen LogP contribution in [0.5, 0.6) is 5.19 Å². The molecule has 5 heterocycles. The first-order chi connectivity index (χ1) is 13.0. The number of piperidine rings is 3. The molecule has 3 saturated heterocycles. The maximum absolute atomic E-state index is 9.55. The van der Waals surface area contributed by atoms with E-state index in [1.165, 1.54) is 25.9 Å². The average molecular weight is 392 g/mol. The third-order valence-electron chi connectivity index (χ3n) is 4.51. The third kappa shape index (κ3) is 5.41. The van der Waals surface area contributed by atoms with Gasteiger partial charge in [-0.15, -0.1) is 0 Å². The van der Waals surface area contributed by atoms with Gasteiger partial charge >= 0.3 is 11.9 Å². The van der Waals surface area contributed by atoms with Gasteiger partial charge in [-0.2, -0.15) is 0 Å². The standard InChI is InChI=1S/C14H16N2O2S.C4H4O4/c1-4-16-5-2-10(1)12(8-16)18-14-15-7-13(19-14)11-3-6-17-9-11;5-3(6)1-2-4(7)8/h3,6-7,9-10,12H,1-2,4-5,8H2;1-2H,(H,5,6)(H,7,8)/b;2-1+. The highest BCUT2D eigenvalue weighted by Gasteiger charge is 2.35. The lowest BCUT2D eigenvalue weighted by molar-refractivity contribution is -0.134. The van der Waals surface area contributed by atoms with Gasteiger partial charge in [0.1, 0.15) is 6.10 Å². The van der Waals surface area contributed by atoms with E-state index in [2.05, 4.69) is 9.88 Å². The topological polar surface area (TPSA) is 113 Å². The van der Waals surface area contributed by atoms with Gasteiger partial charge in [0.15, 0.2) is 0 Å². The molecule has 5 rings (SSSR count). The van der Waals surface area contributed by atoms with E-state index in [9.17, 15) is 9.59 Å². The van der Waals surface area contributed by atoms with E-state index in [0.717, 1.165) is 22.2 Å². The molecule has 0 aromatic carbocycles. The second-order valence-corrected chi connectivity index (χ2v) is 7.30. The predicted molar refractivity (Wildman–Crippen MR) is 97.8 cm³/mol. The minimum Gasteiger partial charge on any atom is -0.478 e. The molecule has 8 nitrogen and oxygen atoms in total. The first-order valence-electron chi connectivity index (χ1n) is 8.52. The number of nitrogens with zero attached hydrogens (tertiary/aromatic N) is 2. The maximum Gasteiger partial charge on any atom is 0.328 e. The summed E-state index contributed by atoms with van der Waals surface area (Å²) < 4.78 is 11.2. The highest BCUT2D eigenvalue weighted by Crippen LogP contribution is 2.35. The van der Waals surface area contributed by atoms with Crippen LogP contribution >= 0.6 is 11.3 Å². The Hall–Kier alpha value is -2.65. The van der Waals surface area contributed by atoms with E-state index >= 15 is 0 Å². The van der Waals surface area contributed by atoms with Crippen molar-refractivity contribution in [2.75, 3.05) is 19.6 Å². The van der Waals surface area contributed by atoms with Gasteiger partial charge in [0.25, 0.3) is 5.19 Å². The number of aromatic nitrogens is 1. The number of hydrogen-bond acceptors (Lipinski definition) is 7. The Bertz CT molecular complexity index is 777. The summed E-state index contributed by atoms with van der Waals surface area (Å²) in [5, 5.41) is 16.4. The lowest BCUT2D eigenvalue weighted by Gasteiger charge is -2.43. The van der Waals surface area contributed by atoms with E-state index in [0.29, 0.717) is 24.2 Å². The number of ether oxygens (including phenoxy) is 1. The summed E-state index contributed by atoms with van der Waals surface area (Å²) in [4.78, 5) is 27.1. The molecule has 2 aromatic rings. The largest absolute Gasteiger partial charge is 0.478 e. The molecule has 0 spiro atoms. The number of fused-ring (bicyclic) bond motifs is 3. The van der Waals surface area contributed by atoms with Crippen LogP contribution in [0.1, 0.15) is 12.8 Å². The van der Waals surface area contributed by atoms with Gasteiger partial charge in [0.2, 0.25) is 0 Å². The zero-order chi connectivity index (χ0) is 19.2. The van der Waals surface area contributed by atoms with Crippen molar-refractivity contribution in [3.8, 4) is 15.6 Å². The smallest absolute Gasteiger partial charge is 0.328 e. The fraction of sp³-hybridized carbons (Fsp3) is 0.389. The van der Waals surface area contributed by atoms with Gasteiger partial charge in [-0.1, -0.05) is 11.3 Å². The maximum atomic E-state index is 9.55. The summed E-state index contributed by atoms with van der Waals surface area (Å²) in [6.07, 6.45) is 9.27. The van der Waals surface area contributed by atoms with Crippen LogP contribution in [-0.4, -0.2) is 57.8 Å². The minimum absolute atomic E-state index is 0.325. The number of carboxylic acids is 2. The summed E-state index contributed by atoms with van der Waals surface area (Å²) >= 11 is 1.60. The molecule has 1 atom stereocenters. The fourth-order valence-corrected chi connectivity index (χ4v) is 3.97. The van der Waals surface area contributed by atoms with Crippen LogP contribution in [0, 0.1) is 5.92 Å². The quantitative estimate of drug-likeness (QED) is 0.747. The van der Waals surface area contributed by atoms with Crippen LogP contribution in [0.3, 0.4) is 0 Å². The molecule has 2 bridgehead atoms. The molecule has 27 heavy (non-hydrogen) atoms. The average Bonchev–Trinajstić information content (AvgIpc) is 3.33. The Kier molecular flexibility index (Phi) is 6.25. The van der Waals surface area contributed by atoms with Crippen LogP contribution in [0.25, 0.3) is 10.4 Å². The number of aliphatic carboxylic acids is 2. The number of hydrogen-bond donors (Lipinski definition) is 2. The molecule has 1 unspecified atom stereocenters. The molecule has 0 aliphatic carbocycles. The molecular weight excluding hydrogens is 372 g/mol. The van der Waals surface area contributed by atoms with Crippen molar-refractivity contribution in [3.05, 3.63) is 36.9 Å². The SMILES string of the molecule is O=C(O)/C=C/C(=O)O.c1cc(-c2cnc(OC3CN4CCC3CC4)s2)co1. The minimum atomic E-state index is -1.26. The number of rotatable bonds is 5. The van der Waals surface area contributed by atoms with E-state index in [-0.39, 0.29) is 0 Å². The molecule has 0 amide bonds. The molecule has 2 N–H and O–H groups in total. The Labute approximate surface area is 159 Å². The Morgan fingerprint density at radius 3 is 2.48 bits per heavy atom. The lowest BCUT2D eigenvalue weighted by atomic mass is 9.86. The summed E-state index contributed by atoms with van der Waals surface area (Å²) in [6.45, 7) is 3.54. The predicted octanol–water partition coefficient (Wildman–Crippen LogP) is 2.59. The van der Waals surface area contributed by atoms with E-state index in [1.54, 1.807) is 23.9 Å². The van der Waals surface area contributed by atoms with Crippen LogP contribution in [0.15, 0.2) is 41.4 Å². The van der Waals surface area contributed by atoms with Crippen LogP contribution in [0.4, 0.5) is 0 Å². The van der Waals surface area contributed by atoms with Gasteiger partial charge in [0.05, 0.1) is 17.4 Å². The van der Waals surface area contributed by atoms with Gasteiger partial charge < -0.3 is 19.4 Å². The van der Waals surface area contributed by atoms with Crippen molar-refractivity contribution in [1.29, 1.82) is 0 Å². The Morgan fingerprint density at radius 1 is 1.26 bits per heavy atom. The molecule has 2 aromatic heterocycles. The molecule has 144 valence electrons. The fourth-order valence-electron chi connectivity index (χ4n) is 3.17. The van der Waals surface area contributed by atoms with Crippen molar-refractivity contribution >= 4 is 23.3 Å². The highest BCUT2D eigenvalue weighted by molar-refractivity contribution is 7.16. The van der Waals surface area contributed by atoms with Crippen LogP contribution < -0.4 is 4.74 Å². The summed E-state index contributed by atoms with van der Waals surface area (Å²) in [5.74, 6) is -1.80. The van der Waals surface area contributed by atoms with Gasteiger partial charge in [0, 0.05) is 30.5 Å². The zero-order valence-electron chi connectivity index (χ0n) is 14.5. The molecule has 3 fully saturated rings. The second kappa shape index (κ2) is 8.83. The van der Waals surface area contributed by atoms with Crippen molar-refractivity contribution in [1.82, 2.24) is 9.88 Å². The van der Waals surface area contributed by atoms with Crippen LogP contribution in [-0.2, 0) is 9.59 Å². The van der Waals surface area contributed by atoms with Gasteiger partial charge in [-0.3, -0.25) is 4.90 Å². The molecule has 0 radical (unpaired) electrons. The summed E-state index contributed by atoms with van der Waals surface area (Å²) in [6, 6.07) is 1.95.